The SMILES string of the molecule is O=c1c2cc3c(=O)n(Cc4ccco4)c(=O)c3cc2c(=O)n1Cc1ccco1. The van der Waals surface area contributed by atoms with E-state index in [1.807, 2.05) is 0 Å². The van der Waals surface area contributed by atoms with E-state index in [9.17, 15) is 19.2 Å². The monoisotopic (exact) mass is 376 g/mol. The predicted octanol–water partition coefficient (Wildman–Crippen LogP) is 1.19. The van der Waals surface area contributed by atoms with E-state index in [-0.39, 0.29) is 34.6 Å². The van der Waals surface area contributed by atoms with Crippen LogP contribution in [0.3, 0.4) is 0 Å². The fourth-order valence-corrected chi connectivity index (χ4v) is 3.48. The average molecular weight is 376 g/mol. The molecule has 0 saturated heterocycles. The van der Waals surface area contributed by atoms with Gasteiger partial charge in [-0.1, -0.05) is 0 Å². The maximum atomic E-state index is 12.7. The molecule has 0 radical (unpaired) electrons. The molecule has 0 unspecified atom stereocenters. The molecule has 0 aliphatic carbocycles. The summed E-state index contributed by atoms with van der Waals surface area (Å²) >= 11 is 0. The van der Waals surface area contributed by atoms with Gasteiger partial charge in [-0.15, -0.1) is 0 Å². The number of hydrogen-bond acceptors (Lipinski definition) is 6. The number of benzene rings is 1. The number of furan rings is 2. The van der Waals surface area contributed by atoms with Gasteiger partial charge in [0, 0.05) is 0 Å². The second-order valence-electron chi connectivity index (χ2n) is 6.50. The van der Waals surface area contributed by atoms with Gasteiger partial charge in [-0.25, -0.2) is 0 Å². The molecular weight excluding hydrogens is 364 g/mol. The summed E-state index contributed by atoms with van der Waals surface area (Å²) in [7, 11) is 0. The van der Waals surface area contributed by atoms with Gasteiger partial charge in [0.15, 0.2) is 0 Å². The number of rotatable bonds is 4. The second-order valence-corrected chi connectivity index (χ2v) is 6.50. The molecule has 138 valence electrons. The number of hydrogen-bond donors (Lipinski definition) is 0. The first-order chi connectivity index (χ1) is 13.5. The Morgan fingerprint density at radius 3 is 1.25 bits per heavy atom. The van der Waals surface area contributed by atoms with Crippen molar-refractivity contribution in [2.45, 2.75) is 13.1 Å². The smallest absolute Gasteiger partial charge is 0.261 e. The van der Waals surface area contributed by atoms with Crippen molar-refractivity contribution >= 4 is 21.5 Å². The Morgan fingerprint density at radius 2 is 0.964 bits per heavy atom. The van der Waals surface area contributed by atoms with Crippen molar-refractivity contribution in [1.29, 1.82) is 0 Å². The predicted molar refractivity (Wildman–Crippen MR) is 101 cm³/mol. The summed E-state index contributed by atoms with van der Waals surface area (Å²) in [5.41, 5.74) is -2.10. The van der Waals surface area contributed by atoms with E-state index in [0.717, 1.165) is 9.13 Å². The van der Waals surface area contributed by atoms with Crippen LogP contribution in [0.25, 0.3) is 21.5 Å². The topological polar surface area (TPSA) is 104 Å². The fourth-order valence-electron chi connectivity index (χ4n) is 3.48. The third kappa shape index (κ3) is 2.24. The van der Waals surface area contributed by atoms with Crippen molar-refractivity contribution in [2.24, 2.45) is 0 Å². The number of nitrogens with zero attached hydrogens (tertiary/aromatic N) is 2. The molecule has 4 heterocycles. The molecule has 0 aliphatic rings. The lowest BCUT2D eigenvalue weighted by Crippen LogP contribution is -2.26. The molecule has 0 amide bonds. The van der Waals surface area contributed by atoms with Gasteiger partial charge >= 0.3 is 0 Å². The van der Waals surface area contributed by atoms with Crippen LogP contribution in [0.1, 0.15) is 11.5 Å². The first kappa shape index (κ1) is 16.2. The van der Waals surface area contributed by atoms with Crippen LogP contribution in [0, 0.1) is 0 Å². The summed E-state index contributed by atoms with van der Waals surface area (Å²) in [6, 6.07) is 9.29. The summed E-state index contributed by atoms with van der Waals surface area (Å²) in [6.45, 7) is -0.0347. The fraction of sp³-hybridized carbons (Fsp3) is 0.100. The molecular formula is C20H12N2O6. The summed E-state index contributed by atoms with van der Waals surface area (Å²) in [6.07, 6.45) is 2.90. The van der Waals surface area contributed by atoms with Crippen molar-refractivity contribution in [3.8, 4) is 0 Å². The van der Waals surface area contributed by atoms with Gasteiger partial charge in [0.05, 0.1) is 47.2 Å². The number of aromatic nitrogens is 2. The minimum absolute atomic E-state index is 0.0173. The lowest BCUT2D eigenvalue weighted by atomic mass is 10.1. The Balaban J connectivity index is 1.73. The Kier molecular flexibility index (Phi) is 3.35. The highest BCUT2D eigenvalue weighted by Gasteiger charge is 2.20. The van der Waals surface area contributed by atoms with E-state index in [1.165, 1.54) is 24.7 Å². The highest BCUT2D eigenvalue weighted by Crippen LogP contribution is 2.15. The maximum Gasteiger partial charge on any atom is 0.261 e. The van der Waals surface area contributed by atoms with Crippen LogP contribution >= 0.6 is 0 Å². The first-order valence-electron chi connectivity index (χ1n) is 8.50. The highest BCUT2D eigenvalue weighted by atomic mass is 16.3. The normalized spacial score (nSPS) is 11.7. The van der Waals surface area contributed by atoms with Crippen molar-refractivity contribution in [3.05, 3.63) is 102 Å². The lowest BCUT2D eigenvalue weighted by Gasteiger charge is -1.95. The number of fused-ring (bicyclic) bond motifs is 2. The van der Waals surface area contributed by atoms with Crippen molar-refractivity contribution in [1.82, 2.24) is 9.13 Å². The molecule has 8 nitrogen and oxygen atoms in total. The van der Waals surface area contributed by atoms with Gasteiger partial charge in [0.1, 0.15) is 11.5 Å². The molecule has 5 rings (SSSR count). The van der Waals surface area contributed by atoms with Crippen LogP contribution in [0.2, 0.25) is 0 Å². The van der Waals surface area contributed by atoms with Crippen LogP contribution < -0.4 is 22.2 Å². The lowest BCUT2D eigenvalue weighted by molar-refractivity contribution is 0.489. The summed E-state index contributed by atoms with van der Waals surface area (Å²) < 4.78 is 12.5. The largest absolute Gasteiger partial charge is 0.467 e. The van der Waals surface area contributed by atoms with Crippen LogP contribution in [0.5, 0.6) is 0 Å². The Hall–Kier alpha value is -3.94. The third-order valence-corrected chi connectivity index (χ3v) is 4.85. The quantitative estimate of drug-likeness (QED) is 0.467. The molecule has 0 atom stereocenters. The molecule has 0 spiro atoms. The Labute approximate surface area is 155 Å². The van der Waals surface area contributed by atoms with E-state index in [4.69, 9.17) is 8.83 Å². The molecule has 0 aliphatic heterocycles. The van der Waals surface area contributed by atoms with E-state index in [2.05, 4.69) is 0 Å². The molecule has 0 bridgehead atoms. The van der Waals surface area contributed by atoms with Gasteiger partial charge in [-0.2, -0.15) is 0 Å². The van der Waals surface area contributed by atoms with Gasteiger partial charge < -0.3 is 8.83 Å². The summed E-state index contributed by atoms with van der Waals surface area (Å²) in [5.74, 6) is 0.914. The second kappa shape index (κ2) is 5.78. The molecule has 0 N–H and O–H groups in total. The Bertz CT molecular complexity index is 1330. The van der Waals surface area contributed by atoms with Crippen LogP contribution in [0.15, 0.2) is 76.9 Å². The van der Waals surface area contributed by atoms with Crippen LogP contribution in [-0.4, -0.2) is 9.13 Å². The zero-order valence-corrected chi connectivity index (χ0v) is 14.4. The average Bonchev–Trinajstić information content (AvgIpc) is 3.47. The first-order valence-corrected chi connectivity index (χ1v) is 8.50. The molecule has 8 heteroatoms. The summed E-state index contributed by atoms with van der Waals surface area (Å²) in [5, 5.41) is 0.431. The highest BCUT2D eigenvalue weighted by molar-refractivity contribution is 5.97. The molecule has 4 aromatic heterocycles. The van der Waals surface area contributed by atoms with Gasteiger partial charge in [0.25, 0.3) is 22.2 Å². The van der Waals surface area contributed by atoms with Crippen LogP contribution in [0.4, 0.5) is 0 Å². The van der Waals surface area contributed by atoms with Crippen LogP contribution in [-0.2, 0) is 13.1 Å². The zero-order valence-electron chi connectivity index (χ0n) is 14.4. The summed E-state index contributed by atoms with van der Waals surface area (Å²) in [4.78, 5) is 50.8. The van der Waals surface area contributed by atoms with E-state index >= 15 is 0 Å². The standard InChI is InChI=1S/C20H12N2O6/c23-17-13-7-15-16(20(26)22(19(15)25)10-12-4-2-6-28-12)8-14(13)18(24)21(17)9-11-3-1-5-27-11/h1-8H,9-10H2. The van der Waals surface area contributed by atoms with Gasteiger partial charge in [0.2, 0.25) is 0 Å². The molecule has 1 aromatic carbocycles. The molecule has 0 fully saturated rings. The van der Waals surface area contributed by atoms with E-state index in [0.29, 0.717) is 11.5 Å². The van der Waals surface area contributed by atoms with Crippen molar-refractivity contribution in [2.75, 3.05) is 0 Å². The third-order valence-electron chi connectivity index (χ3n) is 4.85. The Morgan fingerprint density at radius 1 is 0.607 bits per heavy atom. The van der Waals surface area contributed by atoms with E-state index in [1.54, 1.807) is 24.3 Å². The minimum Gasteiger partial charge on any atom is -0.467 e. The minimum atomic E-state index is -0.524. The molecule has 0 saturated carbocycles. The van der Waals surface area contributed by atoms with Gasteiger partial charge in [-0.05, 0) is 36.4 Å². The molecule has 28 heavy (non-hydrogen) atoms. The van der Waals surface area contributed by atoms with Gasteiger partial charge in [-0.3, -0.25) is 28.3 Å². The van der Waals surface area contributed by atoms with Crippen molar-refractivity contribution in [3.63, 3.8) is 0 Å². The van der Waals surface area contributed by atoms with E-state index < -0.39 is 22.2 Å². The molecule has 5 aromatic rings. The zero-order chi connectivity index (χ0) is 19.4. The maximum absolute atomic E-state index is 12.7. The van der Waals surface area contributed by atoms with Crippen molar-refractivity contribution < 1.29 is 8.83 Å².